The summed E-state index contributed by atoms with van der Waals surface area (Å²) < 4.78 is 5.71. The smallest absolute Gasteiger partial charge is 0.142 e. The molecule has 2 rings (SSSR count). The van der Waals surface area contributed by atoms with E-state index in [1.54, 1.807) is 0 Å². The number of anilines is 1. The number of aliphatic hydroxyl groups excluding tert-OH is 1. The van der Waals surface area contributed by atoms with Crippen LogP contribution in [0, 0.1) is 0 Å². The van der Waals surface area contributed by atoms with Crippen LogP contribution in [0.25, 0.3) is 0 Å². The number of fused-ring (bicyclic) bond motifs is 1. The Kier molecular flexibility index (Phi) is 4.09. The van der Waals surface area contributed by atoms with Crippen molar-refractivity contribution in [2.45, 2.75) is 25.3 Å². The quantitative estimate of drug-likeness (QED) is 0.847. The second-order valence-corrected chi connectivity index (χ2v) is 5.22. The first-order chi connectivity index (χ1) is 8.62. The minimum Gasteiger partial charge on any atom is -0.491 e. The number of aliphatic hydroxyl groups is 1. The molecule has 0 saturated heterocycles. The molecule has 1 heterocycles. The van der Waals surface area contributed by atoms with Crippen molar-refractivity contribution in [3.05, 3.63) is 24.3 Å². The van der Waals surface area contributed by atoms with E-state index in [0.717, 1.165) is 44.0 Å². The van der Waals surface area contributed by atoms with Crippen molar-refractivity contribution in [1.82, 2.24) is 0 Å². The lowest BCUT2D eigenvalue weighted by Crippen LogP contribution is -2.43. The van der Waals surface area contributed by atoms with Crippen LogP contribution in [-0.4, -0.2) is 36.9 Å². The van der Waals surface area contributed by atoms with Crippen LogP contribution < -0.4 is 15.4 Å². The number of ether oxygens (including phenoxy) is 1. The Hall–Kier alpha value is -1.26. The van der Waals surface area contributed by atoms with Gasteiger partial charge in [0.05, 0.1) is 18.9 Å². The first-order valence-electron chi connectivity index (χ1n) is 6.49. The van der Waals surface area contributed by atoms with Crippen LogP contribution in [-0.2, 0) is 0 Å². The monoisotopic (exact) mass is 250 g/mol. The molecular formula is C14H22N2O2. The van der Waals surface area contributed by atoms with Gasteiger partial charge in [-0.2, -0.15) is 0 Å². The summed E-state index contributed by atoms with van der Waals surface area (Å²) in [6.45, 7) is 4.46. The lowest BCUT2D eigenvalue weighted by atomic mass is 10.0. The molecule has 1 aromatic rings. The van der Waals surface area contributed by atoms with Crippen LogP contribution >= 0.6 is 0 Å². The van der Waals surface area contributed by atoms with Gasteiger partial charge in [-0.15, -0.1) is 0 Å². The topological polar surface area (TPSA) is 58.7 Å². The third kappa shape index (κ3) is 3.15. The van der Waals surface area contributed by atoms with Gasteiger partial charge in [0.25, 0.3) is 0 Å². The summed E-state index contributed by atoms with van der Waals surface area (Å²) in [6, 6.07) is 8.09. The number of rotatable bonds is 4. The van der Waals surface area contributed by atoms with Crippen molar-refractivity contribution in [1.29, 1.82) is 0 Å². The number of hydrogen-bond acceptors (Lipinski definition) is 4. The number of para-hydroxylation sites is 2. The zero-order valence-electron chi connectivity index (χ0n) is 10.9. The number of benzene rings is 1. The first-order valence-corrected chi connectivity index (χ1v) is 6.49. The van der Waals surface area contributed by atoms with E-state index >= 15 is 0 Å². The Labute approximate surface area is 108 Å². The number of nitrogens with zero attached hydrogens (tertiary/aromatic N) is 1. The Morgan fingerprint density at radius 3 is 3.00 bits per heavy atom. The molecule has 1 aromatic carbocycles. The molecule has 0 aromatic heterocycles. The van der Waals surface area contributed by atoms with Gasteiger partial charge in [0.15, 0.2) is 0 Å². The average Bonchev–Trinajstić information content (AvgIpc) is 2.59. The molecule has 4 heteroatoms. The van der Waals surface area contributed by atoms with Gasteiger partial charge in [-0.25, -0.2) is 0 Å². The van der Waals surface area contributed by atoms with Crippen molar-refractivity contribution in [3.63, 3.8) is 0 Å². The highest BCUT2D eigenvalue weighted by molar-refractivity contribution is 5.58. The molecule has 0 bridgehead atoms. The number of hydrogen-bond donors (Lipinski definition) is 2. The summed E-state index contributed by atoms with van der Waals surface area (Å²) in [5.41, 5.74) is 6.60. The molecule has 0 amide bonds. The molecule has 4 nitrogen and oxygen atoms in total. The largest absolute Gasteiger partial charge is 0.491 e. The lowest BCUT2D eigenvalue weighted by Gasteiger charge is -2.29. The molecule has 18 heavy (non-hydrogen) atoms. The molecule has 0 saturated carbocycles. The highest BCUT2D eigenvalue weighted by Crippen LogP contribution is 2.30. The second kappa shape index (κ2) is 5.59. The fourth-order valence-corrected chi connectivity index (χ4v) is 2.10. The predicted molar refractivity (Wildman–Crippen MR) is 73.1 cm³/mol. The van der Waals surface area contributed by atoms with Crippen molar-refractivity contribution >= 4 is 5.69 Å². The third-order valence-corrected chi connectivity index (χ3v) is 3.35. The van der Waals surface area contributed by atoms with Crippen molar-refractivity contribution in [3.8, 4) is 5.75 Å². The van der Waals surface area contributed by atoms with Crippen molar-refractivity contribution in [2.24, 2.45) is 5.73 Å². The van der Waals surface area contributed by atoms with Crippen LogP contribution in [0.1, 0.15) is 19.8 Å². The SMILES string of the molecule is CC(N)(CO)CCN1CCCOc2ccccc21. The molecule has 3 N–H and O–H groups in total. The highest BCUT2D eigenvalue weighted by atomic mass is 16.5. The fourth-order valence-electron chi connectivity index (χ4n) is 2.10. The normalized spacial score (nSPS) is 18.5. The molecule has 1 aliphatic heterocycles. The van der Waals surface area contributed by atoms with Crippen LogP contribution in [0.2, 0.25) is 0 Å². The van der Waals surface area contributed by atoms with E-state index in [2.05, 4.69) is 11.0 Å². The highest BCUT2D eigenvalue weighted by Gasteiger charge is 2.21. The standard InChI is InChI=1S/C14H22N2O2/c1-14(15,11-17)7-9-16-8-4-10-18-13-6-3-2-5-12(13)16/h2-3,5-6,17H,4,7-11,15H2,1H3. The maximum Gasteiger partial charge on any atom is 0.142 e. The van der Waals surface area contributed by atoms with Crippen molar-refractivity contribution in [2.75, 3.05) is 31.2 Å². The van der Waals surface area contributed by atoms with E-state index < -0.39 is 5.54 Å². The molecule has 1 aliphatic rings. The van der Waals surface area contributed by atoms with Gasteiger partial charge >= 0.3 is 0 Å². The van der Waals surface area contributed by atoms with Gasteiger partial charge in [-0.05, 0) is 31.9 Å². The first kappa shape index (κ1) is 13.2. The molecule has 1 unspecified atom stereocenters. The summed E-state index contributed by atoms with van der Waals surface area (Å²) in [4.78, 5) is 2.29. The summed E-state index contributed by atoms with van der Waals surface area (Å²) in [7, 11) is 0. The van der Waals surface area contributed by atoms with E-state index in [1.165, 1.54) is 0 Å². The Bertz CT molecular complexity index is 393. The molecule has 0 aliphatic carbocycles. The molecule has 0 fully saturated rings. The van der Waals surface area contributed by atoms with Crippen molar-refractivity contribution < 1.29 is 9.84 Å². The van der Waals surface area contributed by atoms with Crippen LogP contribution in [0.3, 0.4) is 0 Å². The minimum absolute atomic E-state index is 0.0129. The van der Waals surface area contributed by atoms with Gasteiger partial charge in [-0.3, -0.25) is 0 Å². The average molecular weight is 250 g/mol. The van der Waals surface area contributed by atoms with E-state index in [4.69, 9.17) is 10.5 Å². The zero-order valence-corrected chi connectivity index (χ0v) is 10.9. The van der Waals surface area contributed by atoms with E-state index in [1.807, 2.05) is 25.1 Å². The maximum absolute atomic E-state index is 9.21. The fraction of sp³-hybridized carbons (Fsp3) is 0.571. The molecule has 0 radical (unpaired) electrons. The minimum atomic E-state index is -0.512. The lowest BCUT2D eigenvalue weighted by molar-refractivity contribution is 0.201. The molecule has 1 atom stereocenters. The Morgan fingerprint density at radius 2 is 2.22 bits per heavy atom. The van der Waals surface area contributed by atoms with E-state index in [9.17, 15) is 5.11 Å². The Morgan fingerprint density at radius 1 is 1.44 bits per heavy atom. The summed E-state index contributed by atoms with van der Waals surface area (Å²) >= 11 is 0. The number of nitrogens with two attached hydrogens (primary N) is 1. The van der Waals surface area contributed by atoms with Crippen LogP contribution in [0.15, 0.2) is 24.3 Å². The zero-order chi connectivity index (χ0) is 13.0. The Balaban J connectivity index is 2.08. The van der Waals surface area contributed by atoms with Gasteiger partial charge in [0.1, 0.15) is 5.75 Å². The predicted octanol–water partition coefficient (Wildman–Crippen LogP) is 1.38. The van der Waals surface area contributed by atoms with Gasteiger partial charge < -0.3 is 20.5 Å². The van der Waals surface area contributed by atoms with E-state index in [-0.39, 0.29) is 6.61 Å². The molecule has 100 valence electrons. The van der Waals surface area contributed by atoms with Crippen LogP contribution in [0.5, 0.6) is 5.75 Å². The summed E-state index contributed by atoms with van der Waals surface area (Å²) in [5.74, 6) is 0.942. The van der Waals surface area contributed by atoms with Gasteiger partial charge in [0, 0.05) is 18.6 Å². The second-order valence-electron chi connectivity index (χ2n) is 5.22. The molecule has 0 spiro atoms. The third-order valence-electron chi connectivity index (χ3n) is 3.35. The summed E-state index contributed by atoms with van der Waals surface area (Å²) in [6.07, 6.45) is 1.77. The van der Waals surface area contributed by atoms with Gasteiger partial charge in [-0.1, -0.05) is 12.1 Å². The summed E-state index contributed by atoms with van der Waals surface area (Å²) in [5, 5.41) is 9.21. The van der Waals surface area contributed by atoms with Gasteiger partial charge in [0.2, 0.25) is 0 Å². The van der Waals surface area contributed by atoms with E-state index in [0.29, 0.717) is 0 Å². The van der Waals surface area contributed by atoms with Crippen LogP contribution in [0.4, 0.5) is 5.69 Å². The molecular weight excluding hydrogens is 228 g/mol. The maximum atomic E-state index is 9.21.